The Morgan fingerprint density at radius 3 is 2.21 bits per heavy atom. The molecule has 2 aromatic carbocycles. The number of hydrogen-bond acceptors (Lipinski definition) is 3. The van der Waals surface area contributed by atoms with Gasteiger partial charge in [0.1, 0.15) is 5.75 Å². The van der Waals surface area contributed by atoms with Crippen LogP contribution in [0.5, 0.6) is 5.75 Å². The minimum Gasteiger partial charge on any atom is -0.493 e. The number of benzene rings is 2. The van der Waals surface area contributed by atoms with Crippen molar-refractivity contribution in [2.45, 2.75) is 96.3 Å². The summed E-state index contributed by atoms with van der Waals surface area (Å²) < 4.78 is 49.4. The summed E-state index contributed by atoms with van der Waals surface area (Å²) in [6.45, 7) is 5.96. The zero-order valence-corrected chi connectivity index (χ0v) is 20.5. The first-order chi connectivity index (χ1) is 16.1. The van der Waals surface area contributed by atoms with Gasteiger partial charge in [0.25, 0.3) is 0 Å². The summed E-state index contributed by atoms with van der Waals surface area (Å²) >= 11 is 0. The molecule has 0 aromatic heterocycles. The maximum absolute atomic E-state index is 14.5. The molecule has 0 bridgehead atoms. The fourth-order valence-electron chi connectivity index (χ4n) is 4.78. The molecule has 1 fully saturated rings. The number of nitrogens with one attached hydrogen (secondary N) is 1. The molecular weight excluding hydrogens is 441 g/mol. The Morgan fingerprint density at radius 2 is 1.62 bits per heavy atom. The maximum atomic E-state index is 14.5. The molecule has 2 aromatic rings. The first kappa shape index (κ1) is 26.3. The van der Waals surface area contributed by atoms with Gasteiger partial charge in [-0.15, -0.1) is 0 Å². The largest absolute Gasteiger partial charge is 0.493 e. The SMILES string of the molecule is CCCCCCCCCCOc1cccc2cccc(C(N3NC(=O)CC3(C)C)C(F)(F)F)c12. The van der Waals surface area contributed by atoms with Crippen LogP contribution in [0.2, 0.25) is 0 Å². The van der Waals surface area contributed by atoms with Gasteiger partial charge in [-0.3, -0.25) is 10.2 Å². The highest BCUT2D eigenvalue weighted by Gasteiger charge is 2.53. The van der Waals surface area contributed by atoms with Crippen LogP contribution in [0, 0.1) is 0 Å². The summed E-state index contributed by atoms with van der Waals surface area (Å²) in [5, 5.41) is 2.19. The standard InChI is InChI=1S/C27H37F3N2O2/c1-4-5-6-7-8-9-10-11-18-34-22-17-13-15-20-14-12-16-21(24(20)22)25(27(28,29)30)32-26(2,3)19-23(33)31-32/h12-17,25H,4-11,18-19H2,1-3H3,(H,31,33). The average molecular weight is 479 g/mol. The van der Waals surface area contributed by atoms with Gasteiger partial charge in [-0.2, -0.15) is 18.2 Å². The first-order valence-electron chi connectivity index (χ1n) is 12.4. The minimum absolute atomic E-state index is 0.00610. The molecule has 0 spiro atoms. The second kappa shape index (κ2) is 11.4. The zero-order valence-electron chi connectivity index (χ0n) is 20.5. The fraction of sp³-hybridized carbons (Fsp3) is 0.593. The smallest absolute Gasteiger partial charge is 0.409 e. The van der Waals surface area contributed by atoms with Crippen molar-refractivity contribution in [3.8, 4) is 5.75 Å². The van der Waals surface area contributed by atoms with Gasteiger partial charge >= 0.3 is 6.18 Å². The summed E-state index contributed by atoms with van der Waals surface area (Å²) in [6.07, 6.45) is 4.73. The molecule has 1 atom stereocenters. The van der Waals surface area contributed by atoms with Gasteiger partial charge in [-0.05, 0) is 37.3 Å². The van der Waals surface area contributed by atoms with Crippen LogP contribution in [0.15, 0.2) is 36.4 Å². The zero-order chi connectivity index (χ0) is 24.8. The fourth-order valence-corrected chi connectivity index (χ4v) is 4.78. The Labute approximate surface area is 200 Å². The third-order valence-corrected chi connectivity index (χ3v) is 6.51. The molecule has 1 aliphatic rings. The molecule has 0 radical (unpaired) electrons. The van der Waals surface area contributed by atoms with E-state index in [-0.39, 0.29) is 12.0 Å². The van der Waals surface area contributed by atoms with E-state index in [1.54, 1.807) is 44.2 Å². The number of fused-ring (bicyclic) bond motifs is 1. The number of unbranched alkanes of at least 4 members (excludes halogenated alkanes) is 7. The van der Waals surface area contributed by atoms with E-state index in [0.717, 1.165) is 24.3 Å². The molecular formula is C27H37F3N2O2. The van der Waals surface area contributed by atoms with Gasteiger partial charge in [0.15, 0.2) is 6.04 Å². The van der Waals surface area contributed by atoms with Crippen LogP contribution in [0.3, 0.4) is 0 Å². The molecule has 1 unspecified atom stereocenters. The van der Waals surface area contributed by atoms with Crippen molar-refractivity contribution in [3.63, 3.8) is 0 Å². The van der Waals surface area contributed by atoms with Crippen molar-refractivity contribution in [1.29, 1.82) is 0 Å². The number of halogens is 3. The minimum atomic E-state index is -4.59. The third kappa shape index (κ3) is 6.44. The first-order valence-corrected chi connectivity index (χ1v) is 12.4. The quantitative estimate of drug-likeness (QED) is 0.322. The molecule has 1 amide bonds. The Kier molecular flexibility index (Phi) is 8.85. The van der Waals surface area contributed by atoms with Gasteiger partial charge in [0, 0.05) is 17.3 Å². The number of amides is 1. The summed E-state index contributed by atoms with van der Waals surface area (Å²) in [4.78, 5) is 12.0. The third-order valence-electron chi connectivity index (χ3n) is 6.51. The van der Waals surface area contributed by atoms with Gasteiger partial charge < -0.3 is 4.74 Å². The van der Waals surface area contributed by atoms with Gasteiger partial charge in [0.2, 0.25) is 5.91 Å². The number of nitrogens with zero attached hydrogens (tertiary/aromatic N) is 1. The van der Waals surface area contributed by atoms with Crippen molar-refractivity contribution in [3.05, 3.63) is 42.0 Å². The second-order valence-corrected chi connectivity index (χ2v) is 9.86. The predicted octanol–water partition coefficient (Wildman–Crippen LogP) is 7.48. The van der Waals surface area contributed by atoms with E-state index in [1.165, 1.54) is 38.2 Å². The lowest BCUT2D eigenvalue weighted by Crippen LogP contribution is -2.51. The number of alkyl halides is 3. The molecule has 7 heteroatoms. The number of hydrogen-bond donors (Lipinski definition) is 1. The highest BCUT2D eigenvalue weighted by molar-refractivity contribution is 5.92. The topological polar surface area (TPSA) is 41.6 Å². The van der Waals surface area contributed by atoms with Crippen LogP contribution in [-0.2, 0) is 4.79 Å². The number of ether oxygens (including phenoxy) is 1. The highest BCUT2D eigenvalue weighted by Crippen LogP contribution is 2.46. The van der Waals surface area contributed by atoms with Gasteiger partial charge in [0.05, 0.1) is 6.61 Å². The number of rotatable bonds is 12. The molecule has 3 rings (SSSR count). The Morgan fingerprint density at radius 1 is 1.00 bits per heavy atom. The average Bonchev–Trinajstić information content (AvgIpc) is 3.03. The van der Waals surface area contributed by atoms with Crippen LogP contribution in [-0.4, -0.2) is 29.2 Å². The Bertz CT molecular complexity index is 953. The Hall–Kier alpha value is -2.28. The summed E-state index contributed by atoms with van der Waals surface area (Å²) in [5.41, 5.74) is 1.56. The molecule has 34 heavy (non-hydrogen) atoms. The lowest BCUT2D eigenvalue weighted by atomic mass is 9.93. The van der Waals surface area contributed by atoms with E-state index >= 15 is 0 Å². The summed E-state index contributed by atoms with van der Waals surface area (Å²) in [5.74, 6) is 0.0410. The molecule has 1 N–H and O–H groups in total. The van der Waals surface area contributed by atoms with Crippen LogP contribution in [0.1, 0.15) is 90.2 Å². The van der Waals surface area contributed by atoms with E-state index in [4.69, 9.17) is 4.74 Å². The van der Waals surface area contributed by atoms with E-state index < -0.39 is 23.7 Å². The molecule has 4 nitrogen and oxygen atoms in total. The van der Waals surface area contributed by atoms with Crippen LogP contribution >= 0.6 is 0 Å². The van der Waals surface area contributed by atoms with Crippen LogP contribution in [0.4, 0.5) is 13.2 Å². The van der Waals surface area contributed by atoms with E-state index in [0.29, 0.717) is 23.1 Å². The van der Waals surface area contributed by atoms with Crippen molar-refractivity contribution in [1.82, 2.24) is 10.4 Å². The molecule has 188 valence electrons. The van der Waals surface area contributed by atoms with Crippen molar-refractivity contribution in [2.75, 3.05) is 6.61 Å². The van der Waals surface area contributed by atoms with Crippen molar-refractivity contribution < 1.29 is 22.7 Å². The van der Waals surface area contributed by atoms with E-state index in [9.17, 15) is 18.0 Å². The monoisotopic (exact) mass is 478 g/mol. The normalized spacial score (nSPS) is 17.2. The van der Waals surface area contributed by atoms with E-state index in [1.807, 2.05) is 0 Å². The lowest BCUT2D eigenvalue weighted by Gasteiger charge is -2.38. The molecule has 1 saturated heterocycles. The summed E-state index contributed by atoms with van der Waals surface area (Å²) in [6, 6.07) is 8.27. The molecule has 0 aliphatic carbocycles. The lowest BCUT2D eigenvalue weighted by molar-refractivity contribution is -0.203. The predicted molar refractivity (Wildman–Crippen MR) is 130 cm³/mol. The van der Waals surface area contributed by atoms with E-state index in [2.05, 4.69) is 12.3 Å². The second-order valence-electron chi connectivity index (χ2n) is 9.86. The Balaban J connectivity index is 1.80. The maximum Gasteiger partial charge on any atom is 0.409 e. The highest BCUT2D eigenvalue weighted by atomic mass is 19.4. The molecule has 1 aliphatic heterocycles. The molecule has 1 heterocycles. The van der Waals surface area contributed by atoms with Crippen LogP contribution < -0.4 is 10.2 Å². The molecule has 0 saturated carbocycles. The van der Waals surface area contributed by atoms with Crippen LogP contribution in [0.25, 0.3) is 10.8 Å². The summed E-state index contributed by atoms with van der Waals surface area (Å²) in [7, 11) is 0. The number of carbonyl (C=O) groups is 1. The number of carbonyl (C=O) groups excluding carboxylic acids is 1. The van der Waals surface area contributed by atoms with Crippen molar-refractivity contribution >= 4 is 16.7 Å². The van der Waals surface area contributed by atoms with Crippen molar-refractivity contribution in [2.24, 2.45) is 0 Å². The van der Waals surface area contributed by atoms with Gasteiger partial charge in [-0.1, -0.05) is 82.2 Å². The number of hydrazine groups is 1. The van der Waals surface area contributed by atoms with Gasteiger partial charge in [-0.25, -0.2) is 0 Å².